The molecule has 3 aromatic rings. The predicted octanol–water partition coefficient (Wildman–Crippen LogP) is 4.84. The summed E-state index contributed by atoms with van der Waals surface area (Å²) >= 11 is 12.4. The third-order valence-corrected chi connectivity index (χ3v) is 10.7. The average Bonchev–Trinajstić information content (AvgIpc) is 2.98. The van der Waals surface area contributed by atoms with Crippen molar-refractivity contribution >= 4 is 51.1 Å². The highest BCUT2D eigenvalue weighted by molar-refractivity contribution is 7.89. The zero-order valence-corrected chi connectivity index (χ0v) is 27.0. The number of amides is 3. The van der Waals surface area contributed by atoms with Gasteiger partial charge in [-0.1, -0.05) is 59.6 Å². The number of nitrogens with zero attached hydrogens (tertiary/aromatic N) is 4. The third-order valence-electron chi connectivity index (χ3n) is 8.16. The minimum atomic E-state index is -4.58. The van der Waals surface area contributed by atoms with Crippen LogP contribution in [0.1, 0.15) is 25.0 Å². The maximum atomic E-state index is 14.9. The number of carbonyl (C=O) groups is 3. The Morgan fingerprint density at radius 2 is 1.70 bits per heavy atom. The number of fused-ring (bicyclic) bond motifs is 1. The summed E-state index contributed by atoms with van der Waals surface area (Å²) in [4.78, 5) is 43.9. The van der Waals surface area contributed by atoms with E-state index in [1.165, 1.54) is 23.1 Å². The van der Waals surface area contributed by atoms with Crippen molar-refractivity contribution in [2.75, 3.05) is 13.1 Å². The topological polar surface area (TPSA) is 119 Å². The van der Waals surface area contributed by atoms with Crippen LogP contribution in [0.25, 0.3) is 0 Å². The Hall–Kier alpha value is -3.78. The highest BCUT2D eigenvalue weighted by atomic mass is 35.5. The van der Waals surface area contributed by atoms with Crippen LogP contribution in [0.2, 0.25) is 10.0 Å². The molecule has 46 heavy (non-hydrogen) atoms. The van der Waals surface area contributed by atoms with E-state index in [0.717, 1.165) is 26.2 Å². The standard InChI is InChI=1S/C31H30Cl2F2N4O6S/c1-18(2)36-17-28-38(46(44,45)27-11-9-21(32)13-23(27)33)16-26(37(31(42)43)15-19-6-4-3-5-7-19)30(41)39(28)25(29(36)40)12-20-8-10-22(34)14-24(20)35/h3-11,13-14,18,25-26,28H,12,15-17H2,1-2H3,(H,42,43). The molecule has 2 saturated heterocycles. The van der Waals surface area contributed by atoms with Crippen LogP contribution in [0.4, 0.5) is 13.6 Å². The molecule has 3 aromatic carbocycles. The predicted molar refractivity (Wildman–Crippen MR) is 165 cm³/mol. The van der Waals surface area contributed by atoms with Crippen LogP contribution in [0, 0.1) is 11.6 Å². The minimum absolute atomic E-state index is 0.0893. The lowest BCUT2D eigenvalue weighted by atomic mass is 9.95. The first-order valence-corrected chi connectivity index (χ1v) is 16.5. The molecule has 1 N–H and O–H groups in total. The van der Waals surface area contributed by atoms with Crippen LogP contribution >= 0.6 is 23.2 Å². The molecule has 0 aliphatic carbocycles. The summed E-state index contributed by atoms with van der Waals surface area (Å²) in [6.07, 6.45) is -3.25. The Kier molecular flexibility index (Phi) is 9.60. The van der Waals surface area contributed by atoms with Gasteiger partial charge in [0.2, 0.25) is 21.8 Å². The molecular formula is C31H30Cl2F2N4O6S. The van der Waals surface area contributed by atoms with Crippen molar-refractivity contribution in [2.45, 2.75) is 56.0 Å². The van der Waals surface area contributed by atoms with E-state index in [-0.39, 0.29) is 33.6 Å². The number of sulfonamides is 1. The molecule has 5 rings (SSSR count). The molecular weight excluding hydrogens is 665 g/mol. The molecule has 2 heterocycles. The fourth-order valence-electron chi connectivity index (χ4n) is 5.88. The van der Waals surface area contributed by atoms with Crippen LogP contribution in [-0.2, 0) is 32.6 Å². The van der Waals surface area contributed by atoms with Crippen molar-refractivity contribution in [3.8, 4) is 0 Å². The highest BCUT2D eigenvalue weighted by Crippen LogP contribution is 2.36. The fourth-order valence-corrected chi connectivity index (χ4v) is 8.21. The lowest BCUT2D eigenvalue weighted by molar-refractivity contribution is -0.171. The van der Waals surface area contributed by atoms with E-state index in [0.29, 0.717) is 11.6 Å². The SMILES string of the molecule is CC(C)N1CC2N(C(=O)C(N(Cc3ccccc3)C(=O)O)CN2S(=O)(=O)c2ccc(Cl)cc2Cl)C(Cc2ccc(F)cc2F)C1=O. The van der Waals surface area contributed by atoms with E-state index in [4.69, 9.17) is 23.2 Å². The zero-order valence-electron chi connectivity index (χ0n) is 24.7. The summed E-state index contributed by atoms with van der Waals surface area (Å²) < 4.78 is 58.4. The number of rotatable bonds is 8. The molecule has 0 saturated carbocycles. The van der Waals surface area contributed by atoms with Crippen LogP contribution in [-0.4, -0.2) is 87.8 Å². The maximum Gasteiger partial charge on any atom is 0.408 e. The largest absolute Gasteiger partial charge is 0.465 e. The van der Waals surface area contributed by atoms with Gasteiger partial charge in [-0.05, 0) is 49.2 Å². The Morgan fingerprint density at radius 1 is 1.00 bits per heavy atom. The Labute approximate surface area is 274 Å². The Balaban J connectivity index is 1.68. The number of benzene rings is 3. The third kappa shape index (κ3) is 6.41. The summed E-state index contributed by atoms with van der Waals surface area (Å²) in [6, 6.07) is 11.5. The zero-order chi connectivity index (χ0) is 33.5. The smallest absolute Gasteiger partial charge is 0.408 e. The number of hydrogen-bond acceptors (Lipinski definition) is 5. The van der Waals surface area contributed by atoms with E-state index in [1.54, 1.807) is 44.2 Å². The summed E-state index contributed by atoms with van der Waals surface area (Å²) in [6.45, 7) is 2.28. The Morgan fingerprint density at radius 3 is 2.30 bits per heavy atom. The molecule has 0 radical (unpaired) electrons. The number of halogens is 4. The second kappa shape index (κ2) is 13.1. The molecule has 3 unspecified atom stereocenters. The van der Waals surface area contributed by atoms with Gasteiger partial charge in [-0.25, -0.2) is 22.0 Å². The van der Waals surface area contributed by atoms with E-state index in [9.17, 15) is 36.7 Å². The molecule has 10 nitrogen and oxygen atoms in total. The van der Waals surface area contributed by atoms with Crippen molar-refractivity contribution in [3.05, 3.63) is 99.5 Å². The Bertz CT molecular complexity index is 1780. The minimum Gasteiger partial charge on any atom is -0.465 e. The van der Waals surface area contributed by atoms with E-state index in [2.05, 4.69) is 0 Å². The monoisotopic (exact) mass is 694 g/mol. The first kappa shape index (κ1) is 33.6. The number of carbonyl (C=O) groups excluding carboxylic acids is 2. The normalized spacial score (nSPS) is 20.6. The van der Waals surface area contributed by atoms with E-state index < -0.39 is 76.8 Å². The molecule has 3 atom stereocenters. The van der Waals surface area contributed by atoms with Gasteiger partial charge < -0.3 is 14.9 Å². The molecule has 2 aliphatic rings. The van der Waals surface area contributed by atoms with Crippen molar-refractivity contribution in [3.63, 3.8) is 0 Å². The van der Waals surface area contributed by atoms with Gasteiger partial charge in [-0.2, -0.15) is 4.31 Å². The highest BCUT2D eigenvalue weighted by Gasteiger charge is 2.56. The summed E-state index contributed by atoms with van der Waals surface area (Å²) in [5.74, 6) is -3.24. The first-order chi connectivity index (χ1) is 21.7. The first-order valence-electron chi connectivity index (χ1n) is 14.3. The average molecular weight is 696 g/mol. The number of piperazine rings is 1. The lowest BCUT2D eigenvalue weighted by Gasteiger charge is -2.55. The van der Waals surface area contributed by atoms with Gasteiger partial charge in [0.15, 0.2) is 0 Å². The summed E-state index contributed by atoms with van der Waals surface area (Å²) in [5, 5.41) is 10.3. The van der Waals surface area contributed by atoms with Crippen LogP contribution in [0.3, 0.4) is 0 Å². The van der Waals surface area contributed by atoms with Crippen LogP contribution < -0.4 is 0 Å². The van der Waals surface area contributed by atoms with Gasteiger partial charge >= 0.3 is 6.09 Å². The van der Waals surface area contributed by atoms with Crippen LogP contribution in [0.5, 0.6) is 0 Å². The number of carboxylic acid groups (broad SMARTS) is 1. The van der Waals surface area contributed by atoms with Gasteiger partial charge in [0.25, 0.3) is 0 Å². The van der Waals surface area contributed by atoms with Gasteiger partial charge in [-0.15, -0.1) is 0 Å². The van der Waals surface area contributed by atoms with E-state index >= 15 is 0 Å². The lowest BCUT2D eigenvalue weighted by Crippen LogP contribution is -2.76. The second-order valence-corrected chi connectivity index (χ2v) is 14.0. The fraction of sp³-hybridized carbons (Fsp3) is 0.323. The maximum absolute atomic E-state index is 14.9. The summed E-state index contributed by atoms with van der Waals surface area (Å²) in [5.41, 5.74) is 0.439. The van der Waals surface area contributed by atoms with Crippen molar-refractivity contribution in [2.24, 2.45) is 0 Å². The molecule has 2 aliphatic heterocycles. The van der Waals surface area contributed by atoms with Crippen molar-refractivity contribution in [1.29, 1.82) is 0 Å². The molecule has 244 valence electrons. The molecule has 15 heteroatoms. The van der Waals surface area contributed by atoms with E-state index in [1.807, 2.05) is 0 Å². The van der Waals surface area contributed by atoms with Gasteiger partial charge in [-0.3, -0.25) is 14.5 Å². The van der Waals surface area contributed by atoms with Crippen LogP contribution in [0.15, 0.2) is 71.6 Å². The van der Waals surface area contributed by atoms with Gasteiger partial charge in [0.05, 0.1) is 11.6 Å². The number of hydrogen-bond donors (Lipinski definition) is 1. The summed E-state index contributed by atoms with van der Waals surface area (Å²) in [7, 11) is -4.58. The molecule has 0 aromatic heterocycles. The van der Waals surface area contributed by atoms with Gasteiger partial charge in [0, 0.05) is 36.6 Å². The quantitative estimate of drug-likeness (QED) is 0.361. The molecule has 0 spiro atoms. The molecule has 0 bridgehead atoms. The molecule has 3 amide bonds. The van der Waals surface area contributed by atoms with Gasteiger partial charge in [0.1, 0.15) is 34.8 Å². The second-order valence-electron chi connectivity index (χ2n) is 11.3. The van der Waals surface area contributed by atoms with Crippen molar-refractivity contribution < 1.29 is 36.7 Å². The van der Waals surface area contributed by atoms with Crippen molar-refractivity contribution in [1.82, 2.24) is 19.0 Å². The molecule has 2 fully saturated rings.